The lowest BCUT2D eigenvalue weighted by molar-refractivity contribution is 0.00916. The molecule has 22 heavy (non-hydrogen) atoms. The second-order valence-corrected chi connectivity index (χ2v) is 8.50. The van der Waals surface area contributed by atoms with Crippen LogP contribution in [0.25, 0.3) is 0 Å². The summed E-state index contributed by atoms with van der Waals surface area (Å²) in [5.41, 5.74) is 0. The fourth-order valence-corrected chi connectivity index (χ4v) is 4.18. The number of hydrogen-bond donors (Lipinski definition) is 0. The van der Waals surface area contributed by atoms with Gasteiger partial charge in [-0.2, -0.15) is 0 Å². The van der Waals surface area contributed by atoms with Crippen molar-refractivity contribution in [3.8, 4) is 0 Å². The fourth-order valence-electron chi connectivity index (χ4n) is 4.18. The standard InChI is InChI=1S/C20H39NO/c1-16(2)11-14-22-20-7-5-18(6-8-20)15-19-9-12-21(13-10-19)17(3)4/h16-20H,5-15H2,1-4H3. The molecule has 0 bridgehead atoms. The van der Waals surface area contributed by atoms with Gasteiger partial charge in [0.15, 0.2) is 0 Å². The highest BCUT2D eigenvalue weighted by molar-refractivity contribution is 4.79. The first-order valence-electron chi connectivity index (χ1n) is 9.90. The molecule has 0 radical (unpaired) electrons. The molecule has 0 aromatic carbocycles. The number of ether oxygens (including phenoxy) is 1. The smallest absolute Gasteiger partial charge is 0.0575 e. The van der Waals surface area contributed by atoms with E-state index in [0.29, 0.717) is 6.10 Å². The first kappa shape index (κ1) is 18.3. The van der Waals surface area contributed by atoms with E-state index < -0.39 is 0 Å². The van der Waals surface area contributed by atoms with E-state index in [9.17, 15) is 0 Å². The molecule has 130 valence electrons. The van der Waals surface area contributed by atoms with Crippen LogP contribution in [0.5, 0.6) is 0 Å². The minimum atomic E-state index is 0.567. The minimum absolute atomic E-state index is 0.567. The summed E-state index contributed by atoms with van der Waals surface area (Å²) in [4.78, 5) is 2.65. The van der Waals surface area contributed by atoms with Crippen LogP contribution in [0.3, 0.4) is 0 Å². The second kappa shape index (κ2) is 9.27. The van der Waals surface area contributed by atoms with Gasteiger partial charge in [-0.25, -0.2) is 0 Å². The molecular formula is C20H39NO. The lowest BCUT2D eigenvalue weighted by Gasteiger charge is -2.37. The molecule has 1 saturated carbocycles. The molecule has 2 fully saturated rings. The molecule has 0 aromatic heterocycles. The first-order valence-corrected chi connectivity index (χ1v) is 9.90. The zero-order chi connectivity index (χ0) is 15.9. The summed E-state index contributed by atoms with van der Waals surface area (Å²) in [6.45, 7) is 12.9. The monoisotopic (exact) mass is 309 g/mol. The Kier molecular flexibility index (Phi) is 7.70. The third-order valence-electron chi connectivity index (χ3n) is 5.89. The highest BCUT2D eigenvalue weighted by atomic mass is 16.5. The van der Waals surface area contributed by atoms with Crippen LogP contribution < -0.4 is 0 Å². The maximum absolute atomic E-state index is 6.07. The van der Waals surface area contributed by atoms with E-state index in [-0.39, 0.29) is 0 Å². The Hall–Kier alpha value is -0.0800. The molecule has 2 nitrogen and oxygen atoms in total. The van der Waals surface area contributed by atoms with Crippen molar-refractivity contribution in [1.82, 2.24) is 4.90 Å². The van der Waals surface area contributed by atoms with Crippen LogP contribution in [0.2, 0.25) is 0 Å². The molecule has 2 rings (SSSR count). The number of nitrogens with zero attached hydrogens (tertiary/aromatic N) is 1. The molecule has 1 saturated heterocycles. The average Bonchev–Trinajstić information content (AvgIpc) is 2.49. The van der Waals surface area contributed by atoms with E-state index in [1.807, 2.05) is 0 Å². The summed E-state index contributed by atoms with van der Waals surface area (Å²) < 4.78 is 6.07. The van der Waals surface area contributed by atoms with Crippen molar-refractivity contribution in [3.63, 3.8) is 0 Å². The molecule has 2 heteroatoms. The van der Waals surface area contributed by atoms with Crippen LogP contribution in [0.15, 0.2) is 0 Å². The molecule has 1 heterocycles. The van der Waals surface area contributed by atoms with Gasteiger partial charge in [-0.05, 0) is 96.1 Å². The molecule has 2 aliphatic rings. The van der Waals surface area contributed by atoms with E-state index in [4.69, 9.17) is 4.74 Å². The maximum Gasteiger partial charge on any atom is 0.0575 e. The van der Waals surface area contributed by atoms with E-state index in [0.717, 1.165) is 30.4 Å². The molecule has 0 amide bonds. The molecule has 0 N–H and O–H groups in total. The molecule has 0 spiro atoms. The normalized spacial score (nSPS) is 28.6. The Morgan fingerprint density at radius 1 is 0.864 bits per heavy atom. The Morgan fingerprint density at radius 3 is 2.00 bits per heavy atom. The quantitative estimate of drug-likeness (QED) is 0.647. The van der Waals surface area contributed by atoms with Crippen LogP contribution in [0, 0.1) is 17.8 Å². The highest BCUT2D eigenvalue weighted by Crippen LogP contribution is 2.34. The van der Waals surface area contributed by atoms with Crippen molar-refractivity contribution in [1.29, 1.82) is 0 Å². The zero-order valence-electron chi connectivity index (χ0n) is 15.5. The number of likely N-dealkylation sites (tertiary alicyclic amines) is 1. The summed E-state index contributed by atoms with van der Waals surface area (Å²) >= 11 is 0. The summed E-state index contributed by atoms with van der Waals surface area (Å²) in [7, 11) is 0. The third kappa shape index (κ3) is 6.20. The van der Waals surface area contributed by atoms with Crippen LogP contribution in [0.4, 0.5) is 0 Å². The van der Waals surface area contributed by atoms with Crippen molar-refractivity contribution in [2.45, 2.75) is 91.2 Å². The lowest BCUT2D eigenvalue weighted by atomic mass is 9.79. The van der Waals surface area contributed by atoms with Crippen LogP contribution >= 0.6 is 0 Å². The van der Waals surface area contributed by atoms with E-state index in [1.54, 1.807) is 0 Å². The minimum Gasteiger partial charge on any atom is -0.378 e. The summed E-state index contributed by atoms with van der Waals surface area (Å²) in [5, 5.41) is 0. The molecule has 0 atom stereocenters. The number of piperidine rings is 1. The molecule has 1 aliphatic heterocycles. The van der Waals surface area contributed by atoms with Gasteiger partial charge in [0.25, 0.3) is 0 Å². The number of hydrogen-bond acceptors (Lipinski definition) is 2. The van der Waals surface area contributed by atoms with Crippen LogP contribution in [0.1, 0.15) is 79.1 Å². The highest BCUT2D eigenvalue weighted by Gasteiger charge is 2.27. The molecule has 0 aromatic rings. The van der Waals surface area contributed by atoms with Crippen molar-refractivity contribution in [2.24, 2.45) is 17.8 Å². The molecular weight excluding hydrogens is 270 g/mol. The summed E-state index contributed by atoms with van der Waals surface area (Å²) in [5.74, 6) is 2.76. The van der Waals surface area contributed by atoms with Crippen LogP contribution in [-0.2, 0) is 4.74 Å². The number of rotatable bonds is 7. The first-order chi connectivity index (χ1) is 10.5. The van der Waals surface area contributed by atoms with Gasteiger partial charge in [0, 0.05) is 12.6 Å². The topological polar surface area (TPSA) is 12.5 Å². The second-order valence-electron chi connectivity index (χ2n) is 8.50. The van der Waals surface area contributed by atoms with Gasteiger partial charge in [-0.1, -0.05) is 13.8 Å². The lowest BCUT2D eigenvalue weighted by Crippen LogP contribution is -2.39. The predicted molar refractivity (Wildman–Crippen MR) is 95.2 cm³/mol. The Balaban J connectivity index is 1.58. The predicted octanol–water partition coefficient (Wildman–Crippen LogP) is 5.12. The van der Waals surface area contributed by atoms with Gasteiger partial charge < -0.3 is 9.64 Å². The Bertz CT molecular complexity index is 286. The fraction of sp³-hybridized carbons (Fsp3) is 1.00. The third-order valence-corrected chi connectivity index (χ3v) is 5.89. The van der Waals surface area contributed by atoms with Crippen molar-refractivity contribution >= 4 is 0 Å². The van der Waals surface area contributed by atoms with Gasteiger partial charge in [-0.15, -0.1) is 0 Å². The largest absolute Gasteiger partial charge is 0.378 e. The SMILES string of the molecule is CC(C)CCOC1CCC(CC2CCN(C(C)C)CC2)CC1. The van der Waals surface area contributed by atoms with Gasteiger partial charge in [0.05, 0.1) is 6.10 Å². The summed E-state index contributed by atoms with van der Waals surface area (Å²) in [6.07, 6.45) is 11.6. The van der Waals surface area contributed by atoms with Gasteiger partial charge in [0.2, 0.25) is 0 Å². The molecule has 1 aliphatic carbocycles. The van der Waals surface area contributed by atoms with Crippen LogP contribution in [-0.4, -0.2) is 36.7 Å². The Labute approximate surface area is 139 Å². The van der Waals surface area contributed by atoms with Crippen molar-refractivity contribution in [2.75, 3.05) is 19.7 Å². The van der Waals surface area contributed by atoms with Crippen molar-refractivity contribution < 1.29 is 4.74 Å². The average molecular weight is 310 g/mol. The van der Waals surface area contributed by atoms with Gasteiger partial charge in [0.1, 0.15) is 0 Å². The van der Waals surface area contributed by atoms with Crippen molar-refractivity contribution in [3.05, 3.63) is 0 Å². The van der Waals surface area contributed by atoms with E-state index >= 15 is 0 Å². The summed E-state index contributed by atoms with van der Waals surface area (Å²) in [6, 6.07) is 0.736. The van der Waals surface area contributed by atoms with Gasteiger partial charge in [-0.3, -0.25) is 0 Å². The Morgan fingerprint density at radius 2 is 1.45 bits per heavy atom. The van der Waals surface area contributed by atoms with Gasteiger partial charge >= 0.3 is 0 Å². The molecule has 0 unspecified atom stereocenters. The van der Waals surface area contributed by atoms with E-state index in [1.165, 1.54) is 64.5 Å². The van der Waals surface area contributed by atoms with E-state index in [2.05, 4.69) is 32.6 Å². The maximum atomic E-state index is 6.07. The zero-order valence-corrected chi connectivity index (χ0v) is 15.5.